The van der Waals surface area contributed by atoms with Crippen LogP contribution >= 0.6 is 15.9 Å². The molecule has 1 aromatic rings. The molecule has 104 valence electrons. The number of hydrogen-bond acceptors (Lipinski definition) is 3. The van der Waals surface area contributed by atoms with Crippen LogP contribution in [0, 0.1) is 0 Å². The van der Waals surface area contributed by atoms with Gasteiger partial charge < -0.3 is 14.8 Å². The topological polar surface area (TPSA) is 47.6 Å². The van der Waals surface area contributed by atoms with E-state index in [1.54, 1.807) is 12.1 Å². The zero-order valence-electron chi connectivity index (χ0n) is 11.1. The van der Waals surface area contributed by atoms with Gasteiger partial charge in [0.05, 0.1) is 5.56 Å². The van der Waals surface area contributed by atoms with Crippen molar-refractivity contribution in [2.24, 2.45) is 0 Å². The van der Waals surface area contributed by atoms with E-state index < -0.39 is 0 Å². The first-order valence-corrected chi connectivity index (χ1v) is 7.33. The average Bonchev–Trinajstić information content (AvgIpc) is 2.36. The summed E-state index contributed by atoms with van der Waals surface area (Å²) in [5.74, 6) is 1.06. The summed E-state index contributed by atoms with van der Waals surface area (Å²) in [6.07, 6.45) is 0.873. The summed E-state index contributed by atoms with van der Waals surface area (Å²) in [4.78, 5) is 12.6. The molecule has 1 aromatic carbocycles. The van der Waals surface area contributed by atoms with E-state index in [9.17, 15) is 4.79 Å². The smallest absolute Gasteiger partial charge is 0.255 e. The van der Waals surface area contributed by atoms with Crippen LogP contribution in [0.15, 0.2) is 18.2 Å². The van der Waals surface area contributed by atoms with Gasteiger partial charge in [-0.2, -0.15) is 0 Å². The molecule has 0 aromatic heterocycles. The van der Waals surface area contributed by atoms with Gasteiger partial charge in [-0.1, -0.05) is 28.9 Å². The number of ether oxygens (including phenoxy) is 2. The second-order valence-electron chi connectivity index (χ2n) is 4.72. The lowest BCUT2D eigenvalue weighted by Crippen LogP contribution is -2.34. The van der Waals surface area contributed by atoms with Crippen molar-refractivity contribution in [2.45, 2.75) is 31.1 Å². The minimum Gasteiger partial charge on any atom is -0.486 e. The van der Waals surface area contributed by atoms with Crippen LogP contribution in [0.5, 0.6) is 11.5 Å². The third-order valence-electron chi connectivity index (χ3n) is 2.87. The molecular formula is C14H18BrNO3. The predicted octanol–water partition coefficient (Wildman–Crippen LogP) is 2.75. The predicted molar refractivity (Wildman–Crippen MR) is 77.4 cm³/mol. The molecule has 0 bridgehead atoms. The zero-order valence-corrected chi connectivity index (χ0v) is 12.7. The number of benzene rings is 1. The van der Waals surface area contributed by atoms with Crippen LogP contribution in [0.4, 0.5) is 0 Å². The van der Waals surface area contributed by atoms with Crippen molar-refractivity contribution in [2.75, 3.05) is 13.2 Å². The Labute approximate surface area is 121 Å². The highest BCUT2D eigenvalue weighted by Crippen LogP contribution is 2.33. The monoisotopic (exact) mass is 327 g/mol. The summed E-state index contributed by atoms with van der Waals surface area (Å²) in [5.41, 5.74) is 0.534. The fourth-order valence-electron chi connectivity index (χ4n) is 2.10. The van der Waals surface area contributed by atoms with Gasteiger partial charge in [0.15, 0.2) is 11.5 Å². The van der Waals surface area contributed by atoms with Crippen molar-refractivity contribution in [3.8, 4) is 11.5 Å². The minimum absolute atomic E-state index is 0.0993. The summed E-state index contributed by atoms with van der Waals surface area (Å²) >= 11 is 3.49. The lowest BCUT2D eigenvalue weighted by atomic mass is 10.1. The van der Waals surface area contributed by atoms with Gasteiger partial charge >= 0.3 is 0 Å². The first-order chi connectivity index (χ1) is 9.08. The number of carbonyl (C=O) groups excluding carboxylic acids is 1. The highest BCUT2D eigenvalue weighted by Gasteiger charge is 2.21. The van der Waals surface area contributed by atoms with Gasteiger partial charge in [-0.15, -0.1) is 0 Å². The molecular weight excluding hydrogens is 310 g/mol. The molecule has 0 spiro atoms. The maximum absolute atomic E-state index is 12.2. The Morgan fingerprint density at radius 2 is 2.11 bits per heavy atom. The molecule has 19 heavy (non-hydrogen) atoms. The Balaban J connectivity index is 2.11. The fourth-order valence-corrected chi connectivity index (χ4v) is 2.66. The number of amides is 1. The second kappa shape index (κ2) is 6.28. The second-order valence-corrected chi connectivity index (χ2v) is 6.28. The molecule has 2 rings (SSSR count). The molecule has 2 atom stereocenters. The normalized spacial score (nSPS) is 16.6. The van der Waals surface area contributed by atoms with Gasteiger partial charge in [-0.3, -0.25) is 4.79 Å². The van der Waals surface area contributed by atoms with Crippen molar-refractivity contribution >= 4 is 21.8 Å². The number of alkyl halides is 1. The van der Waals surface area contributed by atoms with E-state index in [-0.39, 0.29) is 11.9 Å². The van der Waals surface area contributed by atoms with Crippen LogP contribution in [0.1, 0.15) is 30.6 Å². The number of halogens is 1. The van der Waals surface area contributed by atoms with Gasteiger partial charge in [0.1, 0.15) is 13.2 Å². The standard InChI is InChI=1S/C14H18BrNO3/c1-9(15)8-10(2)16-14(17)11-4-3-5-12-13(11)19-7-6-18-12/h3-5,9-10H,6-8H2,1-2H3,(H,16,17). The van der Waals surface area contributed by atoms with Crippen molar-refractivity contribution in [3.63, 3.8) is 0 Å². The van der Waals surface area contributed by atoms with Crippen molar-refractivity contribution in [1.82, 2.24) is 5.32 Å². The molecule has 1 N–H and O–H groups in total. The van der Waals surface area contributed by atoms with Crippen LogP contribution in [-0.4, -0.2) is 30.0 Å². The van der Waals surface area contributed by atoms with Crippen molar-refractivity contribution in [1.29, 1.82) is 0 Å². The zero-order chi connectivity index (χ0) is 13.8. The first kappa shape index (κ1) is 14.2. The van der Waals surface area contributed by atoms with Crippen LogP contribution in [0.25, 0.3) is 0 Å². The third-order valence-corrected chi connectivity index (χ3v) is 3.24. The van der Waals surface area contributed by atoms with Crippen LogP contribution in [0.2, 0.25) is 0 Å². The van der Waals surface area contributed by atoms with E-state index in [0.29, 0.717) is 35.1 Å². The number of nitrogens with one attached hydrogen (secondary N) is 1. The maximum atomic E-state index is 12.2. The molecule has 0 saturated heterocycles. The summed E-state index contributed by atoms with van der Waals surface area (Å²) < 4.78 is 11.0. The number of hydrogen-bond donors (Lipinski definition) is 1. The number of rotatable bonds is 4. The van der Waals surface area contributed by atoms with Crippen LogP contribution < -0.4 is 14.8 Å². The van der Waals surface area contributed by atoms with Crippen molar-refractivity contribution in [3.05, 3.63) is 23.8 Å². The molecule has 0 fully saturated rings. The summed E-state index contributed by atoms with van der Waals surface area (Å²) in [6.45, 7) is 5.05. The molecule has 4 nitrogen and oxygen atoms in total. The maximum Gasteiger partial charge on any atom is 0.255 e. The Bertz CT molecular complexity index is 462. The quantitative estimate of drug-likeness (QED) is 0.865. The van der Waals surface area contributed by atoms with Gasteiger partial charge in [0, 0.05) is 10.9 Å². The Hall–Kier alpha value is -1.23. The lowest BCUT2D eigenvalue weighted by Gasteiger charge is -2.21. The van der Waals surface area contributed by atoms with Gasteiger partial charge in [-0.25, -0.2) is 0 Å². The number of fused-ring (bicyclic) bond motifs is 1. The molecule has 1 heterocycles. The molecule has 1 amide bonds. The third kappa shape index (κ3) is 3.62. The van der Waals surface area contributed by atoms with E-state index in [0.717, 1.165) is 6.42 Å². The minimum atomic E-state index is -0.122. The van der Waals surface area contributed by atoms with E-state index in [2.05, 4.69) is 28.2 Å². The van der Waals surface area contributed by atoms with E-state index in [4.69, 9.17) is 9.47 Å². The number of carbonyl (C=O) groups is 1. The van der Waals surface area contributed by atoms with Gasteiger partial charge in [0.25, 0.3) is 5.91 Å². The highest BCUT2D eigenvalue weighted by atomic mass is 79.9. The van der Waals surface area contributed by atoms with E-state index >= 15 is 0 Å². The van der Waals surface area contributed by atoms with Gasteiger partial charge in [-0.05, 0) is 25.5 Å². The van der Waals surface area contributed by atoms with Crippen molar-refractivity contribution < 1.29 is 14.3 Å². The Morgan fingerprint density at radius 3 is 2.84 bits per heavy atom. The molecule has 0 aliphatic carbocycles. The first-order valence-electron chi connectivity index (χ1n) is 6.41. The highest BCUT2D eigenvalue weighted by molar-refractivity contribution is 9.09. The molecule has 5 heteroatoms. The SMILES string of the molecule is CC(Br)CC(C)NC(=O)c1cccc2c1OCCO2. The average molecular weight is 328 g/mol. The Kier molecular flexibility index (Phi) is 4.69. The Morgan fingerprint density at radius 1 is 1.37 bits per heavy atom. The van der Waals surface area contributed by atoms with Gasteiger partial charge in [0.2, 0.25) is 0 Å². The van der Waals surface area contributed by atoms with Crippen LogP contribution in [0.3, 0.4) is 0 Å². The summed E-state index contributed by atoms with van der Waals surface area (Å²) in [5, 5.41) is 2.97. The summed E-state index contributed by atoms with van der Waals surface area (Å²) in [6, 6.07) is 5.48. The molecule has 1 aliphatic rings. The van der Waals surface area contributed by atoms with Crippen LogP contribution in [-0.2, 0) is 0 Å². The van der Waals surface area contributed by atoms with E-state index in [1.165, 1.54) is 0 Å². The number of para-hydroxylation sites is 1. The fraction of sp³-hybridized carbons (Fsp3) is 0.500. The molecule has 0 radical (unpaired) electrons. The summed E-state index contributed by atoms with van der Waals surface area (Å²) in [7, 11) is 0. The lowest BCUT2D eigenvalue weighted by molar-refractivity contribution is 0.0927. The molecule has 1 aliphatic heterocycles. The molecule has 2 unspecified atom stereocenters. The largest absolute Gasteiger partial charge is 0.486 e. The molecule has 0 saturated carbocycles. The van der Waals surface area contributed by atoms with E-state index in [1.807, 2.05) is 13.0 Å².